The van der Waals surface area contributed by atoms with Crippen molar-refractivity contribution in [1.29, 1.82) is 0 Å². The van der Waals surface area contributed by atoms with Crippen molar-refractivity contribution in [3.63, 3.8) is 0 Å². The van der Waals surface area contributed by atoms with Crippen LogP contribution in [0.15, 0.2) is 66.8 Å². The van der Waals surface area contributed by atoms with E-state index in [2.05, 4.69) is 44.2 Å². The first-order valence-electron chi connectivity index (χ1n) is 8.19. The maximum absolute atomic E-state index is 11.4. The second-order valence-corrected chi connectivity index (χ2v) is 6.90. The van der Waals surface area contributed by atoms with Gasteiger partial charge in [-0.2, -0.15) is 0 Å². The molecule has 0 atom stereocenters. The minimum absolute atomic E-state index is 0.0413. The first-order chi connectivity index (χ1) is 11.4. The molecule has 0 aliphatic carbocycles. The van der Waals surface area contributed by atoms with Gasteiger partial charge >= 0.3 is 0 Å². The number of carbonyl (C=O) groups excluding carboxylic acids is 1. The average molecular weight is 318 g/mol. The van der Waals surface area contributed by atoms with Crippen LogP contribution in [0.5, 0.6) is 5.75 Å². The van der Waals surface area contributed by atoms with Gasteiger partial charge in [0.1, 0.15) is 5.75 Å². The summed E-state index contributed by atoms with van der Waals surface area (Å²) in [6.07, 6.45) is 5.70. The molecule has 0 unspecified atom stereocenters. The van der Waals surface area contributed by atoms with E-state index < -0.39 is 0 Å². The van der Waals surface area contributed by atoms with Gasteiger partial charge in [0.15, 0.2) is 5.78 Å². The van der Waals surface area contributed by atoms with Gasteiger partial charge in [-0.1, -0.05) is 62.4 Å². The summed E-state index contributed by atoms with van der Waals surface area (Å²) in [5.74, 6) is 0.902. The molecule has 0 saturated carbocycles. The van der Waals surface area contributed by atoms with Crippen LogP contribution in [-0.4, -0.2) is 12.4 Å². The highest BCUT2D eigenvalue weighted by atomic mass is 16.5. The Balaban J connectivity index is 2.12. The Morgan fingerprint density at radius 3 is 2.54 bits per heavy atom. The summed E-state index contributed by atoms with van der Waals surface area (Å²) in [5.41, 5.74) is 4.26. The summed E-state index contributed by atoms with van der Waals surface area (Å²) < 4.78 is 6.02. The highest BCUT2D eigenvalue weighted by Crippen LogP contribution is 2.38. The van der Waals surface area contributed by atoms with E-state index in [1.54, 1.807) is 13.0 Å². The molecule has 2 heteroatoms. The standard InChI is InChI=1S/C22H22O2/c1-16(23)9-10-19-14-22(2,3)15-24-21-12-11-18(13-20(19)21)17-7-5-4-6-8-17/h4-14H,15H2,1-3H3. The van der Waals surface area contributed by atoms with Gasteiger partial charge in [0.2, 0.25) is 0 Å². The molecule has 0 bridgehead atoms. The van der Waals surface area contributed by atoms with Gasteiger partial charge in [0, 0.05) is 11.0 Å². The molecule has 0 fully saturated rings. The minimum Gasteiger partial charge on any atom is -0.492 e. The quantitative estimate of drug-likeness (QED) is 0.718. The normalized spacial score (nSPS) is 16.0. The van der Waals surface area contributed by atoms with Crippen LogP contribution < -0.4 is 4.74 Å². The van der Waals surface area contributed by atoms with E-state index in [1.165, 1.54) is 5.56 Å². The molecule has 2 aromatic carbocycles. The van der Waals surface area contributed by atoms with Crippen molar-refractivity contribution < 1.29 is 9.53 Å². The van der Waals surface area contributed by atoms with Gasteiger partial charge in [-0.05, 0) is 41.8 Å². The summed E-state index contributed by atoms with van der Waals surface area (Å²) in [7, 11) is 0. The fourth-order valence-corrected chi connectivity index (χ4v) is 2.84. The number of hydrogen-bond acceptors (Lipinski definition) is 2. The number of ether oxygens (including phenoxy) is 1. The van der Waals surface area contributed by atoms with Crippen LogP contribution in [0, 0.1) is 5.41 Å². The minimum atomic E-state index is -0.0948. The number of carbonyl (C=O) groups is 1. The van der Waals surface area contributed by atoms with E-state index in [4.69, 9.17) is 4.74 Å². The third-order valence-corrected chi connectivity index (χ3v) is 4.04. The molecule has 2 nitrogen and oxygen atoms in total. The Kier molecular flexibility index (Phi) is 4.39. The van der Waals surface area contributed by atoms with E-state index >= 15 is 0 Å². The van der Waals surface area contributed by atoms with Crippen LogP contribution in [0.3, 0.4) is 0 Å². The van der Waals surface area contributed by atoms with E-state index in [0.29, 0.717) is 6.61 Å². The van der Waals surface area contributed by atoms with Crippen molar-refractivity contribution in [3.05, 3.63) is 72.3 Å². The molecule has 0 spiro atoms. The first kappa shape index (κ1) is 16.3. The maximum Gasteiger partial charge on any atom is 0.152 e. The molecule has 0 saturated heterocycles. The fraction of sp³-hybridized carbons (Fsp3) is 0.227. The zero-order chi connectivity index (χ0) is 17.2. The molecule has 0 aromatic heterocycles. The van der Waals surface area contributed by atoms with Crippen molar-refractivity contribution in [2.75, 3.05) is 6.61 Å². The van der Waals surface area contributed by atoms with Crippen LogP contribution in [-0.2, 0) is 4.79 Å². The highest BCUT2D eigenvalue weighted by molar-refractivity contribution is 5.92. The van der Waals surface area contributed by atoms with Crippen molar-refractivity contribution in [3.8, 4) is 16.9 Å². The Bertz CT molecular complexity index is 811. The number of rotatable bonds is 3. The van der Waals surface area contributed by atoms with Crippen molar-refractivity contribution in [2.45, 2.75) is 20.8 Å². The molecule has 1 aliphatic heterocycles. The predicted molar refractivity (Wildman–Crippen MR) is 99.0 cm³/mol. The Hall–Kier alpha value is -2.61. The monoisotopic (exact) mass is 318 g/mol. The van der Waals surface area contributed by atoms with E-state index in [9.17, 15) is 4.79 Å². The molecule has 122 valence electrons. The van der Waals surface area contributed by atoms with E-state index in [1.807, 2.05) is 30.3 Å². The Morgan fingerprint density at radius 2 is 1.83 bits per heavy atom. The molecule has 2 aromatic rings. The fourth-order valence-electron chi connectivity index (χ4n) is 2.84. The van der Waals surface area contributed by atoms with Gasteiger partial charge in [-0.25, -0.2) is 0 Å². The topological polar surface area (TPSA) is 26.3 Å². The molecule has 1 heterocycles. The molecule has 0 N–H and O–H groups in total. The van der Waals surface area contributed by atoms with Gasteiger partial charge in [-0.15, -0.1) is 0 Å². The lowest BCUT2D eigenvalue weighted by Crippen LogP contribution is -2.17. The summed E-state index contributed by atoms with van der Waals surface area (Å²) in [6.45, 7) is 6.45. The zero-order valence-corrected chi connectivity index (χ0v) is 14.4. The van der Waals surface area contributed by atoms with Crippen LogP contribution in [0.4, 0.5) is 0 Å². The molecule has 0 radical (unpaired) electrons. The van der Waals surface area contributed by atoms with Crippen LogP contribution >= 0.6 is 0 Å². The first-order valence-corrected chi connectivity index (χ1v) is 8.19. The molecular weight excluding hydrogens is 296 g/mol. The second kappa shape index (κ2) is 6.48. The third-order valence-electron chi connectivity index (χ3n) is 4.04. The van der Waals surface area contributed by atoms with Crippen molar-refractivity contribution in [2.24, 2.45) is 5.41 Å². The van der Waals surface area contributed by atoms with Gasteiger partial charge < -0.3 is 4.74 Å². The second-order valence-electron chi connectivity index (χ2n) is 6.90. The van der Waals surface area contributed by atoms with Crippen molar-refractivity contribution >= 4 is 11.4 Å². The largest absolute Gasteiger partial charge is 0.492 e. The average Bonchev–Trinajstić information content (AvgIpc) is 2.69. The lowest BCUT2D eigenvalue weighted by atomic mass is 9.89. The Morgan fingerprint density at radius 1 is 1.08 bits per heavy atom. The molecule has 0 amide bonds. The maximum atomic E-state index is 11.4. The lowest BCUT2D eigenvalue weighted by Gasteiger charge is -2.18. The smallest absolute Gasteiger partial charge is 0.152 e. The lowest BCUT2D eigenvalue weighted by molar-refractivity contribution is -0.112. The zero-order valence-electron chi connectivity index (χ0n) is 14.4. The predicted octanol–water partition coefficient (Wildman–Crippen LogP) is 5.30. The number of hydrogen-bond donors (Lipinski definition) is 0. The van der Waals surface area contributed by atoms with Gasteiger partial charge in [-0.3, -0.25) is 4.79 Å². The van der Waals surface area contributed by atoms with Gasteiger partial charge in [0.05, 0.1) is 6.61 Å². The molecule has 3 rings (SSSR count). The number of benzene rings is 2. The molecule has 1 aliphatic rings. The summed E-state index contributed by atoms with van der Waals surface area (Å²) >= 11 is 0. The van der Waals surface area contributed by atoms with Crippen LogP contribution in [0.1, 0.15) is 26.3 Å². The number of allylic oxidation sites excluding steroid dienone is 3. The van der Waals surface area contributed by atoms with Crippen molar-refractivity contribution in [1.82, 2.24) is 0 Å². The summed E-state index contributed by atoms with van der Waals surface area (Å²) in [6, 6.07) is 16.5. The van der Waals surface area contributed by atoms with E-state index in [-0.39, 0.29) is 11.2 Å². The van der Waals surface area contributed by atoms with Crippen LogP contribution in [0.25, 0.3) is 16.7 Å². The summed E-state index contributed by atoms with van der Waals surface area (Å²) in [4.78, 5) is 11.4. The molecular formula is C22H22O2. The third kappa shape index (κ3) is 3.65. The molecule has 24 heavy (non-hydrogen) atoms. The Labute approximate surface area is 143 Å². The van der Waals surface area contributed by atoms with E-state index in [0.717, 1.165) is 22.4 Å². The highest BCUT2D eigenvalue weighted by Gasteiger charge is 2.23. The van der Waals surface area contributed by atoms with Crippen LogP contribution in [0.2, 0.25) is 0 Å². The van der Waals surface area contributed by atoms with Gasteiger partial charge in [0.25, 0.3) is 0 Å². The SMILES string of the molecule is CC(=O)C=CC1=CC(C)(C)COc2ccc(-c3ccccc3)cc21. The summed E-state index contributed by atoms with van der Waals surface area (Å²) in [5, 5.41) is 0. The number of fused-ring (bicyclic) bond motifs is 1. The number of ketones is 1.